The molecule has 4 rings (SSSR count). The van der Waals surface area contributed by atoms with Gasteiger partial charge in [0.1, 0.15) is 11.5 Å². The van der Waals surface area contributed by atoms with Crippen molar-refractivity contribution in [2.24, 2.45) is 5.73 Å². The maximum absolute atomic E-state index is 13.7. The van der Waals surface area contributed by atoms with E-state index in [9.17, 15) is 14.0 Å². The van der Waals surface area contributed by atoms with Crippen LogP contribution in [0.5, 0.6) is 0 Å². The van der Waals surface area contributed by atoms with Crippen molar-refractivity contribution in [1.29, 1.82) is 0 Å². The molecule has 7 nitrogen and oxygen atoms in total. The molecule has 3 aromatic rings. The Kier molecular flexibility index (Phi) is 5.22. The van der Waals surface area contributed by atoms with Crippen molar-refractivity contribution in [3.63, 3.8) is 0 Å². The summed E-state index contributed by atoms with van der Waals surface area (Å²) in [7, 11) is 0. The van der Waals surface area contributed by atoms with Gasteiger partial charge in [-0.2, -0.15) is 5.10 Å². The second kappa shape index (κ2) is 7.86. The fourth-order valence-electron chi connectivity index (χ4n) is 3.86. The summed E-state index contributed by atoms with van der Waals surface area (Å²) in [4.78, 5) is 26.9. The molecule has 2 aromatic carbocycles. The number of halogens is 1. The highest BCUT2D eigenvalue weighted by Crippen LogP contribution is 2.29. The number of fused-ring (bicyclic) bond motifs is 1. The summed E-state index contributed by atoms with van der Waals surface area (Å²) >= 11 is 0. The maximum Gasteiger partial charge on any atom is 0.318 e. The molecule has 1 aliphatic rings. The number of urea groups is 1. The van der Waals surface area contributed by atoms with Crippen molar-refractivity contribution >= 4 is 11.9 Å². The third kappa shape index (κ3) is 4.01. The lowest BCUT2D eigenvalue weighted by Crippen LogP contribution is -2.50. The van der Waals surface area contributed by atoms with E-state index in [2.05, 4.69) is 10.4 Å². The molecule has 0 atom stereocenters. The van der Waals surface area contributed by atoms with Gasteiger partial charge >= 0.3 is 6.03 Å². The Bertz CT molecular complexity index is 1140. The molecular formula is C23H24FN5O2. The van der Waals surface area contributed by atoms with Gasteiger partial charge in [0.05, 0.1) is 29.9 Å². The predicted molar refractivity (Wildman–Crippen MR) is 115 cm³/mol. The van der Waals surface area contributed by atoms with Crippen molar-refractivity contribution < 1.29 is 14.0 Å². The summed E-state index contributed by atoms with van der Waals surface area (Å²) in [5.41, 5.74) is 7.62. The van der Waals surface area contributed by atoms with Gasteiger partial charge in [-0.05, 0) is 31.5 Å². The van der Waals surface area contributed by atoms with Crippen LogP contribution in [0.15, 0.2) is 54.6 Å². The maximum atomic E-state index is 13.7. The second-order valence-corrected chi connectivity index (χ2v) is 8.11. The summed E-state index contributed by atoms with van der Waals surface area (Å²) in [6, 6.07) is 15.3. The lowest BCUT2D eigenvalue weighted by Gasteiger charge is -2.33. The quantitative estimate of drug-likeness (QED) is 0.677. The van der Waals surface area contributed by atoms with E-state index in [1.54, 1.807) is 21.7 Å². The Morgan fingerprint density at radius 1 is 1.10 bits per heavy atom. The summed E-state index contributed by atoms with van der Waals surface area (Å²) in [6.45, 7) is 4.88. The molecule has 0 saturated heterocycles. The third-order valence-corrected chi connectivity index (χ3v) is 5.53. The van der Waals surface area contributed by atoms with Crippen LogP contribution in [0.2, 0.25) is 0 Å². The minimum Gasteiger partial charge on any atom is -0.365 e. The highest BCUT2D eigenvalue weighted by Gasteiger charge is 2.32. The molecule has 3 N–H and O–H groups in total. The molecule has 0 bridgehead atoms. The van der Waals surface area contributed by atoms with E-state index in [1.807, 2.05) is 44.2 Å². The van der Waals surface area contributed by atoms with Crippen LogP contribution in [0.3, 0.4) is 0 Å². The van der Waals surface area contributed by atoms with Crippen LogP contribution >= 0.6 is 0 Å². The number of primary amides is 1. The first-order valence-corrected chi connectivity index (χ1v) is 10.0. The molecule has 160 valence electrons. The molecule has 0 fully saturated rings. The van der Waals surface area contributed by atoms with Gasteiger partial charge < -0.3 is 16.0 Å². The van der Waals surface area contributed by atoms with Gasteiger partial charge in [0.2, 0.25) is 0 Å². The average molecular weight is 421 g/mol. The minimum absolute atomic E-state index is 0.178. The second-order valence-electron chi connectivity index (χ2n) is 8.11. The Hall–Kier alpha value is -3.68. The Morgan fingerprint density at radius 3 is 2.52 bits per heavy atom. The molecule has 0 saturated carbocycles. The minimum atomic E-state index is -0.660. The van der Waals surface area contributed by atoms with Crippen LogP contribution in [-0.4, -0.2) is 33.2 Å². The fraction of sp³-hybridized carbons (Fsp3) is 0.261. The fourth-order valence-corrected chi connectivity index (χ4v) is 3.86. The van der Waals surface area contributed by atoms with E-state index in [4.69, 9.17) is 5.73 Å². The first-order valence-electron chi connectivity index (χ1n) is 10.0. The first kappa shape index (κ1) is 20.6. The standard InChI is InChI=1S/C23H24FN5O2/c1-23(2,16-8-4-3-5-9-16)26-22(31)28-11-12-29-18(14-28)19(21(25)30)20(27-29)15-7-6-10-17(24)13-15/h3-10,13H,11-12,14H2,1-2H3,(H2,25,30)(H,26,31). The van der Waals surface area contributed by atoms with Gasteiger partial charge in [0.15, 0.2) is 0 Å². The number of hydrogen-bond acceptors (Lipinski definition) is 3. The number of hydrogen-bond donors (Lipinski definition) is 2. The molecular weight excluding hydrogens is 397 g/mol. The number of nitrogens with two attached hydrogens (primary N) is 1. The van der Waals surface area contributed by atoms with Gasteiger partial charge in [-0.1, -0.05) is 42.5 Å². The molecule has 0 spiro atoms. The van der Waals surface area contributed by atoms with Crippen molar-refractivity contribution in [1.82, 2.24) is 20.0 Å². The van der Waals surface area contributed by atoms with Crippen molar-refractivity contribution in [2.75, 3.05) is 6.54 Å². The summed E-state index contributed by atoms with van der Waals surface area (Å²) in [5, 5.41) is 7.55. The molecule has 0 radical (unpaired) electrons. The monoisotopic (exact) mass is 421 g/mol. The van der Waals surface area contributed by atoms with Crippen molar-refractivity contribution in [2.45, 2.75) is 32.5 Å². The number of aromatic nitrogens is 2. The number of carbonyl (C=O) groups is 2. The lowest BCUT2D eigenvalue weighted by atomic mass is 9.94. The lowest BCUT2D eigenvalue weighted by molar-refractivity contribution is 0.0997. The molecule has 8 heteroatoms. The van der Waals surface area contributed by atoms with Crippen LogP contribution in [-0.2, 0) is 18.6 Å². The van der Waals surface area contributed by atoms with Gasteiger partial charge in [-0.3, -0.25) is 9.48 Å². The van der Waals surface area contributed by atoms with Crippen molar-refractivity contribution in [3.8, 4) is 11.3 Å². The van der Waals surface area contributed by atoms with E-state index in [0.717, 1.165) is 5.56 Å². The predicted octanol–water partition coefficient (Wildman–Crippen LogP) is 3.25. The number of benzene rings is 2. The highest BCUT2D eigenvalue weighted by molar-refractivity contribution is 6.00. The van der Waals surface area contributed by atoms with Crippen LogP contribution in [0.25, 0.3) is 11.3 Å². The van der Waals surface area contributed by atoms with E-state index in [-0.39, 0.29) is 18.1 Å². The SMILES string of the molecule is CC(C)(NC(=O)N1CCn2nc(-c3cccc(F)c3)c(C(N)=O)c2C1)c1ccccc1. The van der Waals surface area contributed by atoms with Crippen LogP contribution in [0.1, 0.15) is 35.5 Å². The molecule has 3 amide bonds. The molecule has 1 aromatic heterocycles. The normalized spacial score (nSPS) is 13.6. The van der Waals surface area contributed by atoms with Gasteiger partial charge in [0, 0.05) is 12.1 Å². The number of carbonyl (C=O) groups excluding carboxylic acids is 2. The Morgan fingerprint density at radius 2 is 1.84 bits per heavy atom. The number of nitrogens with zero attached hydrogens (tertiary/aromatic N) is 3. The topological polar surface area (TPSA) is 93.2 Å². The summed E-state index contributed by atoms with van der Waals surface area (Å²) in [5.74, 6) is -1.09. The highest BCUT2D eigenvalue weighted by atomic mass is 19.1. The molecule has 31 heavy (non-hydrogen) atoms. The molecule has 1 aliphatic heterocycles. The number of amides is 3. The summed E-state index contributed by atoms with van der Waals surface area (Å²) < 4.78 is 15.4. The average Bonchev–Trinajstić information content (AvgIpc) is 3.13. The number of nitrogens with one attached hydrogen (secondary N) is 1. The molecule has 2 heterocycles. The largest absolute Gasteiger partial charge is 0.365 e. The van der Waals surface area contributed by atoms with Gasteiger partial charge in [-0.25, -0.2) is 9.18 Å². The summed E-state index contributed by atoms with van der Waals surface area (Å²) in [6.07, 6.45) is 0. The zero-order valence-corrected chi connectivity index (χ0v) is 17.4. The van der Waals surface area contributed by atoms with E-state index in [0.29, 0.717) is 30.0 Å². The Labute approximate surface area is 179 Å². The van der Waals surface area contributed by atoms with Crippen LogP contribution in [0.4, 0.5) is 9.18 Å². The van der Waals surface area contributed by atoms with Crippen molar-refractivity contribution in [3.05, 3.63) is 77.2 Å². The molecule has 0 unspecified atom stereocenters. The zero-order chi connectivity index (χ0) is 22.2. The van der Waals surface area contributed by atoms with Crippen LogP contribution in [0, 0.1) is 5.82 Å². The smallest absolute Gasteiger partial charge is 0.318 e. The van der Waals surface area contributed by atoms with E-state index in [1.165, 1.54) is 12.1 Å². The van der Waals surface area contributed by atoms with E-state index < -0.39 is 17.3 Å². The van der Waals surface area contributed by atoms with Crippen LogP contribution < -0.4 is 11.1 Å². The number of rotatable bonds is 4. The molecule has 0 aliphatic carbocycles. The first-order chi connectivity index (χ1) is 14.8. The Balaban J connectivity index is 1.61. The third-order valence-electron chi connectivity index (χ3n) is 5.53. The van der Waals surface area contributed by atoms with Gasteiger partial charge in [0.25, 0.3) is 5.91 Å². The van der Waals surface area contributed by atoms with E-state index >= 15 is 0 Å². The zero-order valence-electron chi connectivity index (χ0n) is 17.4. The van der Waals surface area contributed by atoms with Gasteiger partial charge in [-0.15, -0.1) is 0 Å².